The van der Waals surface area contributed by atoms with E-state index in [1.807, 2.05) is 24.3 Å². The molecule has 2 N–H and O–H groups in total. The van der Waals surface area contributed by atoms with Crippen molar-refractivity contribution in [2.75, 3.05) is 5.73 Å². The molecule has 0 unspecified atom stereocenters. The second kappa shape index (κ2) is 5.37. The van der Waals surface area contributed by atoms with E-state index in [-0.39, 0.29) is 0 Å². The molecule has 0 saturated carbocycles. The SMILES string of the molecule is Cc1ccc(-c2noc(N)c2-c2ccc(Br)cc2)c(C)c1. The van der Waals surface area contributed by atoms with Crippen LogP contribution in [0.25, 0.3) is 22.4 Å². The first kappa shape index (κ1) is 13.9. The third-order valence-electron chi connectivity index (χ3n) is 3.49. The van der Waals surface area contributed by atoms with E-state index in [4.69, 9.17) is 10.3 Å². The predicted octanol–water partition coefficient (Wildman–Crippen LogP) is 4.97. The summed E-state index contributed by atoms with van der Waals surface area (Å²) >= 11 is 3.44. The van der Waals surface area contributed by atoms with Crippen molar-refractivity contribution in [1.82, 2.24) is 5.16 Å². The smallest absolute Gasteiger partial charge is 0.230 e. The minimum absolute atomic E-state index is 0.340. The third-order valence-corrected chi connectivity index (χ3v) is 4.02. The number of nitrogen functional groups attached to an aromatic ring is 1. The monoisotopic (exact) mass is 342 g/mol. The summed E-state index contributed by atoms with van der Waals surface area (Å²) in [5.41, 5.74) is 12.0. The first-order valence-electron chi connectivity index (χ1n) is 6.65. The number of benzene rings is 2. The van der Waals surface area contributed by atoms with Crippen LogP contribution in [-0.2, 0) is 0 Å². The van der Waals surface area contributed by atoms with E-state index in [0.717, 1.165) is 32.4 Å². The van der Waals surface area contributed by atoms with E-state index in [1.54, 1.807) is 0 Å². The summed E-state index contributed by atoms with van der Waals surface area (Å²) in [7, 11) is 0. The van der Waals surface area contributed by atoms with Crippen molar-refractivity contribution in [3.8, 4) is 22.4 Å². The van der Waals surface area contributed by atoms with Gasteiger partial charge in [-0.05, 0) is 37.1 Å². The Hall–Kier alpha value is -2.07. The topological polar surface area (TPSA) is 52.0 Å². The Bertz CT molecular complexity index is 791. The van der Waals surface area contributed by atoms with Gasteiger partial charge in [-0.3, -0.25) is 0 Å². The molecule has 0 saturated heterocycles. The zero-order valence-electron chi connectivity index (χ0n) is 11.9. The maximum Gasteiger partial charge on any atom is 0.230 e. The quantitative estimate of drug-likeness (QED) is 0.715. The maximum absolute atomic E-state index is 5.99. The fourth-order valence-corrected chi connectivity index (χ4v) is 2.73. The van der Waals surface area contributed by atoms with E-state index in [0.29, 0.717) is 5.88 Å². The number of nitrogens with zero attached hydrogens (tertiary/aromatic N) is 1. The normalized spacial score (nSPS) is 10.8. The molecule has 0 aliphatic rings. The second-order valence-corrected chi connectivity index (χ2v) is 6.01. The first-order valence-corrected chi connectivity index (χ1v) is 7.44. The zero-order chi connectivity index (χ0) is 15.0. The molecule has 1 aromatic heterocycles. The lowest BCUT2D eigenvalue weighted by molar-refractivity contribution is 0.439. The van der Waals surface area contributed by atoms with Gasteiger partial charge in [0.25, 0.3) is 0 Å². The molecule has 0 atom stereocenters. The van der Waals surface area contributed by atoms with E-state index >= 15 is 0 Å². The number of hydrogen-bond donors (Lipinski definition) is 1. The summed E-state index contributed by atoms with van der Waals surface area (Å²) in [6.45, 7) is 4.14. The molecule has 0 aliphatic carbocycles. The second-order valence-electron chi connectivity index (χ2n) is 5.10. The summed E-state index contributed by atoms with van der Waals surface area (Å²) in [5.74, 6) is 0.340. The minimum Gasteiger partial charge on any atom is -0.367 e. The summed E-state index contributed by atoms with van der Waals surface area (Å²) < 4.78 is 6.26. The largest absolute Gasteiger partial charge is 0.367 e. The number of aryl methyl sites for hydroxylation is 2. The fourth-order valence-electron chi connectivity index (χ4n) is 2.46. The van der Waals surface area contributed by atoms with E-state index in [1.165, 1.54) is 5.56 Å². The maximum atomic E-state index is 5.99. The van der Waals surface area contributed by atoms with Gasteiger partial charge in [0.05, 0.1) is 5.56 Å². The van der Waals surface area contributed by atoms with E-state index in [9.17, 15) is 0 Å². The van der Waals surface area contributed by atoms with Gasteiger partial charge in [-0.25, -0.2) is 0 Å². The predicted molar refractivity (Wildman–Crippen MR) is 89.0 cm³/mol. The van der Waals surface area contributed by atoms with Crippen molar-refractivity contribution < 1.29 is 4.52 Å². The van der Waals surface area contributed by atoms with Gasteiger partial charge in [0, 0.05) is 10.0 Å². The zero-order valence-corrected chi connectivity index (χ0v) is 13.4. The lowest BCUT2D eigenvalue weighted by atomic mass is 9.97. The number of hydrogen-bond acceptors (Lipinski definition) is 3. The van der Waals surface area contributed by atoms with Gasteiger partial charge in [-0.1, -0.05) is 57.0 Å². The van der Waals surface area contributed by atoms with Crippen LogP contribution >= 0.6 is 15.9 Å². The van der Waals surface area contributed by atoms with Crippen molar-refractivity contribution in [2.45, 2.75) is 13.8 Å². The summed E-state index contributed by atoms with van der Waals surface area (Å²) in [6.07, 6.45) is 0. The van der Waals surface area contributed by atoms with Crippen molar-refractivity contribution in [3.05, 3.63) is 58.1 Å². The van der Waals surface area contributed by atoms with E-state index < -0.39 is 0 Å². The first-order chi connectivity index (χ1) is 10.1. The van der Waals surface area contributed by atoms with Crippen molar-refractivity contribution in [2.24, 2.45) is 0 Å². The summed E-state index contributed by atoms with van der Waals surface area (Å²) in [6, 6.07) is 14.2. The Kier molecular flexibility index (Phi) is 3.55. The molecule has 106 valence electrons. The Labute approximate surface area is 131 Å². The number of anilines is 1. The van der Waals surface area contributed by atoms with Crippen LogP contribution in [0, 0.1) is 13.8 Å². The number of halogens is 1. The average Bonchev–Trinajstić information content (AvgIpc) is 2.82. The molecule has 0 spiro atoms. The fraction of sp³-hybridized carbons (Fsp3) is 0.118. The van der Waals surface area contributed by atoms with Gasteiger partial charge in [-0.15, -0.1) is 0 Å². The molecule has 3 rings (SSSR count). The van der Waals surface area contributed by atoms with Crippen LogP contribution in [0.2, 0.25) is 0 Å². The highest BCUT2D eigenvalue weighted by molar-refractivity contribution is 9.10. The van der Waals surface area contributed by atoms with Crippen LogP contribution in [0.15, 0.2) is 51.5 Å². The van der Waals surface area contributed by atoms with Crippen LogP contribution in [0.5, 0.6) is 0 Å². The molecule has 4 heteroatoms. The molecular weight excluding hydrogens is 328 g/mol. The number of rotatable bonds is 2. The third kappa shape index (κ3) is 2.59. The van der Waals surface area contributed by atoms with Crippen LogP contribution in [-0.4, -0.2) is 5.16 Å². The van der Waals surface area contributed by atoms with Gasteiger partial charge in [0.1, 0.15) is 5.69 Å². The summed E-state index contributed by atoms with van der Waals surface area (Å²) in [4.78, 5) is 0. The van der Waals surface area contributed by atoms with Gasteiger partial charge >= 0.3 is 0 Å². The van der Waals surface area contributed by atoms with Crippen molar-refractivity contribution in [3.63, 3.8) is 0 Å². The molecule has 0 bridgehead atoms. The molecule has 1 heterocycles. The number of aromatic nitrogens is 1. The highest BCUT2D eigenvalue weighted by Gasteiger charge is 2.18. The number of nitrogens with two attached hydrogens (primary N) is 1. The van der Waals surface area contributed by atoms with Gasteiger partial charge in [0.2, 0.25) is 5.88 Å². The lowest BCUT2D eigenvalue weighted by Crippen LogP contribution is -1.90. The molecule has 3 aromatic rings. The summed E-state index contributed by atoms with van der Waals surface area (Å²) in [5, 5.41) is 4.16. The molecule has 0 aliphatic heterocycles. The van der Waals surface area contributed by atoms with Crippen molar-refractivity contribution >= 4 is 21.8 Å². The van der Waals surface area contributed by atoms with Crippen LogP contribution in [0.3, 0.4) is 0 Å². The molecule has 3 nitrogen and oxygen atoms in total. The van der Waals surface area contributed by atoms with Crippen molar-refractivity contribution in [1.29, 1.82) is 0 Å². The minimum atomic E-state index is 0.340. The van der Waals surface area contributed by atoms with Gasteiger partial charge in [-0.2, -0.15) is 0 Å². The molecular formula is C17H15BrN2O. The standard InChI is InChI=1S/C17H15BrN2O/c1-10-3-8-14(11(2)9-10)16-15(17(19)21-20-16)12-4-6-13(18)7-5-12/h3-9H,19H2,1-2H3. The van der Waals surface area contributed by atoms with Crippen LogP contribution < -0.4 is 5.73 Å². The Morgan fingerprint density at radius 1 is 1.05 bits per heavy atom. The molecule has 2 aromatic carbocycles. The highest BCUT2D eigenvalue weighted by atomic mass is 79.9. The molecule has 0 amide bonds. The average molecular weight is 343 g/mol. The van der Waals surface area contributed by atoms with Crippen LogP contribution in [0.4, 0.5) is 5.88 Å². The van der Waals surface area contributed by atoms with Gasteiger partial charge < -0.3 is 10.3 Å². The lowest BCUT2D eigenvalue weighted by Gasteiger charge is -2.07. The molecule has 0 fully saturated rings. The molecule has 0 radical (unpaired) electrons. The van der Waals surface area contributed by atoms with Crippen LogP contribution in [0.1, 0.15) is 11.1 Å². The van der Waals surface area contributed by atoms with Gasteiger partial charge in [0.15, 0.2) is 0 Å². The Morgan fingerprint density at radius 3 is 2.43 bits per heavy atom. The molecule has 21 heavy (non-hydrogen) atoms. The van der Waals surface area contributed by atoms with E-state index in [2.05, 4.69) is 53.1 Å². The Balaban J connectivity index is 2.19. The highest BCUT2D eigenvalue weighted by Crippen LogP contribution is 2.37. The Morgan fingerprint density at radius 2 is 1.76 bits per heavy atom.